The molecule has 0 radical (unpaired) electrons. The Labute approximate surface area is 375 Å². The van der Waals surface area contributed by atoms with E-state index in [1.165, 1.54) is 24.0 Å². The average molecular weight is 885 g/mol. The summed E-state index contributed by atoms with van der Waals surface area (Å²) < 4.78 is 65.4. The van der Waals surface area contributed by atoms with Gasteiger partial charge in [0.15, 0.2) is 0 Å². The Morgan fingerprint density at radius 3 is 2.35 bits per heavy atom. The molecule has 1 aromatic heterocycles. The number of halogens is 4. The van der Waals surface area contributed by atoms with Crippen molar-refractivity contribution in [2.75, 3.05) is 46.1 Å². The predicted molar refractivity (Wildman–Crippen MR) is 254 cm³/mol. The van der Waals surface area contributed by atoms with Gasteiger partial charge in [0.2, 0.25) is 5.88 Å². The molecule has 2 unspecified atom stereocenters. The quantitative estimate of drug-likeness (QED) is 0.0334. The number of unbranched alkanes of at least 4 members (excludes halogenated alkanes) is 4. The van der Waals surface area contributed by atoms with E-state index in [1.54, 1.807) is 40.1 Å². The molecule has 14 heteroatoms. The number of nitrogens with two attached hydrogens (primary N) is 2. The molecule has 5 N–H and O–H groups in total. The monoisotopic (exact) mass is 885 g/mol. The van der Waals surface area contributed by atoms with Crippen molar-refractivity contribution in [2.24, 2.45) is 27.1 Å². The lowest BCUT2D eigenvalue weighted by atomic mass is 9.80. The Morgan fingerprint density at radius 1 is 1.11 bits per heavy atom. The molecule has 0 saturated carbocycles. The van der Waals surface area contributed by atoms with Crippen LogP contribution in [0.25, 0.3) is 5.57 Å². The van der Waals surface area contributed by atoms with Gasteiger partial charge in [0, 0.05) is 49.3 Å². The van der Waals surface area contributed by atoms with Gasteiger partial charge < -0.3 is 26.0 Å². The number of pyridine rings is 1. The van der Waals surface area contributed by atoms with E-state index in [0.29, 0.717) is 72.9 Å². The molecule has 2 heterocycles. The molecule has 2 atom stereocenters. The van der Waals surface area contributed by atoms with Crippen LogP contribution in [-0.4, -0.2) is 84.5 Å². The molecule has 1 aromatic rings. The molecule has 3 rings (SSSR count). The lowest BCUT2D eigenvalue weighted by molar-refractivity contribution is -0.138. The summed E-state index contributed by atoms with van der Waals surface area (Å²) in [5.74, 6) is 1.10. The van der Waals surface area contributed by atoms with Gasteiger partial charge in [0.1, 0.15) is 17.8 Å². The van der Waals surface area contributed by atoms with E-state index in [-0.39, 0.29) is 47.4 Å². The molecule has 0 bridgehead atoms. The van der Waals surface area contributed by atoms with Crippen molar-refractivity contribution >= 4 is 34.6 Å². The normalized spacial score (nSPS) is 17.8. The summed E-state index contributed by atoms with van der Waals surface area (Å²) in [5, 5.41) is 9.44. The van der Waals surface area contributed by atoms with Gasteiger partial charge >= 0.3 is 6.18 Å². The van der Waals surface area contributed by atoms with Gasteiger partial charge in [-0.15, -0.1) is 0 Å². The van der Waals surface area contributed by atoms with Crippen molar-refractivity contribution in [3.8, 4) is 0 Å². The van der Waals surface area contributed by atoms with Crippen LogP contribution in [0.1, 0.15) is 143 Å². The van der Waals surface area contributed by atoms with Crippen molar-refractivity contribution in [1.29, 1.82) is 5.41 Å². The summed E-state index contributed by atoms with van der Waals surface area (Å²) in [5.41, 5.74) is 12.0. The maximum absolute atomic E-state index is 15.1. The van der Waals surface area contributed by atoms with Crippen LogP contribution in [0.3, 0.4) is 0 Å². The highest BCUT2D eigenvalue weighted by Crippen LogP contribution is 2.41. The molecular formula is C49H76F4N8O2. The first kappa shape index (κ1) is 54.4. The minimum Gasteiger partial charge on any atom is -0.477 e. The summed E-state index contributed by atoms with van der Waals surface area (Å²) in [6, 6.07) is 1.18. The molecule has 352 valence electrons. The van der Waals surface area contributed by atoms with Crippen LogP contribution in [0.4, 0.5) is 23.4 Å². The first-order valence-corrected chi connectivity index (χ1v) is 22.6. The maximum atomic E-state index is 15.1. The lowest BCUT2D eigenvalue weighted by Gasteiger charge is -2.33. The summed E-state index contributed by atoms with van der Waals surface area (Å²) >= 11 is 0. The maximum Gasteiger partial charge on any atom is 0.418 e. The molecule has 0 saturated heterocycles. The van der Waals surface area contributed by atoms with Crippen molar-refractivity contribution in [1.82, 2.24) is 14.8 Å². The number of anilines is 1. The highest BCUT2D eigenvalue weighted by atomic mass is 19.4. The highest BCUT2D eigenvalue weighted by molar-refractivity contribution is 6.36. The first-order valence-electron chi connectivity index (χ1n) is 22.6. The Balaban J connectivity index is 0.00000326. The van der Waals surface area contributed by atoms with Crippen LogP contribution in [0.15, 0.2) is 68.7 Å². The third kappa shape index (κ3) is 16.7. The lowest BCUT2D eigenvalue weighted by Crippen LogP contribution is -2.39. The van der Waals surface area contributed by atoms with Gasteiger partial charge in [-0.2, -0.15) is 18.2 Å². The van der Waals surface area contributed by atoms with E-state index < -0.39 is 29.0 Å². The minimum atomic E-state index is -4.76. The zero-order chi connectivity index (χ0) is 47.7. The number of hydrogen-bond acceptors (Lipinski definition) is 8. The third-order valence-corrected chi connectivity index (χ3v) is 10.6. The topological polar surface area (TPSA) is 146 Å². The highest BCUT2D eigenvalue weighted by Gasteiger charge is 2.40. The van der Waals surface area contributed by atoms with Gasteiger partial charge in [-0.3, -0.25) is 15.2 Å². The number of amidine groups is 1. The molecule has 10 nitrogen and oxygen atoms in total. The summed E-state index contributed by atoms with van der Waals surface area (Å²) in [6.45, 7) is 20.7. The van der Waals surface area contributed by atoms with E-state index >= 15 is 4.39 Å². The second-order valence-electron chi connectivity index (χ2n) is 17.8. The van der Waals surface area contributed by atoms with Gasteiger partial charge in [0.05, 0.1) is 41.5 Å². The van der Waals surface area contributed by atoms with Crippen LogP contribution < -0.4 is 11.5 Å². The number of hydrogen-bond donors (Lipinski definition) is 3. The zero-order valence-corrected chi connectivity index (χ0v) is 40.2. The molecule has 0 spiro atoms. The van der Waals surface area contributed by atoms with Crippen molar-refractivity contribution in [3.05, 3.63) is 75.5 Å². The van der Waals surface area contributed by atoms with Crippen molar-refractivity contribution in [2.45, 2.75) is 146 Å². The first-order chi connectivity index (χ1) is 29.5. The molecule has 2 aliphatic rings. The number of allylic oxidation sites excluding steroid dienone is 5. The number of aliphatic imine (C=N–C) groups is 2. The number of alkyl halides is 4. The van der Waals surface area contributed by atoms with Crippen LogP contribution in [0.5, 0.6) is 0 Å². The zero-order valence-electron chi connectivity index (χ0n) is 40.2. The molecular weight excluding hydrogens is 809 g/mol. The molecule has 63 heavy (non-hydrogen) atoms. The second-order valence-corrected chi connectivity index (χ2v) is 17.8. The van der Waals surface area contributed by atoms with E-state index in [1.807, 2.05) is 24.8 Å². The van der Waals surface area contributed by atoms with E-state index in [4.69, 9.17) is 26.2 Å². The smallest absolute Gasteiger partial charge is 0.418 e. The number of nitrogen functional groups attached to an aromatic ring is 1. The number of rotatable bonds is 18. The fourth-order valence-electron chi connectivity index (χ4n) is 7.38. The van der Waals surface area contributed by atoms with E-state index in [2.05, 4.69) is 39.6 Å². The number of amides is 1. The van der Waals surface area contributed by atoms with Crippen LogP contribution in [-0.2, 0) is 15.7 Å². The molecule has 1 aliphatic carbocycles. The number of carbonyl (C=O) groups excluding carboxylic acids is 1. The molecule has 0 fully saturated rings. The van der Waals surface area contributed by atoms with Gasteiger partial charge in [-0.1, -0.05) is 86.6 Å². The second kappa shape index (κ2) is 25.5. The van der Waals surface area contributed by atoms with Crippen LogP contribution in [0, 0.1) is 23.7 Å². The largest absolute Gasteiger partial charge is 0.477 e. The standard InChI is InChI=1S/C45H66F4N8O2.C4H10/c1-10-14-16-17-20-44(7,26-31(46)12-3)28-59-37(19-15-11-2)55-42(57-22-18-21-53-32(27-57)25-35(50)43(58)56(8)9)38-29(5)23-34(40(52)33(38)13-4)41-39(45(47,48)49)30(6)24-36(51)54-41;1-4(2)3/h13,19,23-25,31,52H,10-12,14-18,20-22,26-28,50H2,1-9H3,(H2,51,54);4H,1-3H3/b33-13-,35-25-,37-19-,52-40?,55-42+;. The number of aryl methyl sites for hydroxylation is 1. The molecule has 1 aliphatic heterocycles. The Kier molecular flexibility index (Phi) is 22.0. The number of nitrogens with one attached hydrogen (secondary N) is 1. The number of likely N-dealkylation sites (N-methyl/N-ethyl adjacent to an activating group) is 1. The van der Waals surface area contributed by atoms with Crippen LogP contribution in [0.2, 0.25) is 0 Å². The predicted octanol–water partition coefficient (Wildman–Crippen LogP) is 11.6. The summed E-state index contributed by atoms with van der Waals surface area (Å²) in [4.78, 5) is 30.2. The summed E-state index contributed by atoms with van der Waals surface area (Å²) in [7, 11) is 3.22. The Hall–Kier alpha value is -4.75. The van der Waals surface area contributed by atoms with Gasteiger partial charge in [-0.05, 0) is 94.2 Å². The molecule has 1 amide bonds. The fraction of sp³-hybridized carbons (Fsp3) is 0.612. The number of ether oxygens (including phenoxy) is 1. The van der Waals surface area contributed by atoms with Gasteiger partial charge in [0.25, 0.3) is 5.91 Å². The Morgan fingerprint density at radius 2 is 1.78 bits per heavy atom. The van der Waals surface area contributed by atoms with Crippen molar-refractivity contribution in [3.63, 3.8) is 0 Å². The summed E-state index contributed by atoms with van der Waals surface area (Å²) in [6.07, 6.45) is 8.68. The van der Waals surface area contributed by atoms with Gasteiger partial charge in [-0.25, -0.2) is 9.37 Å². The SMILES string of the molecule is C/C=C1\C(=N)C(c2nc(N)cc(C)c2C(F)(F)F)=CC(C)=C1/C(=N\C(=C\CCC)OCC(C)(CCCCCC)CC(F)CC)N1CCCN=C(/C=C(\N)C(=O)N(C)C)C1.CC(C)C. The number of nitrogens with zero attached hydrogens (tertiary/aromatic N) is 5. The van der Waals surface area contributed by atoms with Crippen molar-refractivity contribution < 1.29 is 27.1 Å². The molecule has 0 aromatic carbocycles. The minimum absolute atomic E-state index is 0.0133. The van der Waals surface area contributed by atoms with E-state index in [9.17, 15) is 23.4 Å². The number of carbonyl (C=O) groups is 1. The third-order valence-electron chi connectivity index (χ3n) is 10.6. The van der Waals surface area contributed by atoms with Crippen LogP contribution >= 0.6 is 0 Å². The average Bonchev–Trinajstić information content (AvgIpc) is 3.43. The fourth-order valence-corrected chi connectivity index (χ4v) is 7.38. The Bertz CT molecular complexity index is 1940. The van der Waals surface area contributed by atoms with E-state index in [0.717, 1.165) is 44.4 Å². The number of aromatic nitrogens is 1.